The highest BCUT2D eigenvalue weighted by atomic mass is 16.5. The van der Waals surface area contributed by atoms with E-state index in [0.29, 0.717) is 37.2 Å². The zero-order valence-corrected chi connectivity index (χ0v) is 19.6. The van der Waals surface area contributed by atoms with Gasteiger partial charge in [0.1, 0.15) is 17.6 Å². The highest BCUT2D eigenvalue weighted by Gasteiger charge is 2.37. The van der Waals surface area contributed by atoms with E-state index in [1.54, 1.807) is 23.1 Å². The number of hydrogen-bond acceptors (Lipinski definition) is 6. The number of hydrazine groups is 1. The molecule has 0 saturated carbocycles. The van der Waals surface area contributed by atoms with Crippen molar-refractivity contribution in [3.05, 3.63) is 95.6 Å². The van der Waals surface area contributed by atoms with E-state index in [0.717, 1.165) is 11.1 Å². The maximum atomic E-state index is 13.7. The summed E-state index contributed by atoms with van der Waals surface area (Å²) in [6.45, 7) is 0.793. The molecule has 9 nitrogen and oxygen atoms in total. The van der Waals surface area contributed by atoms with Crippen LogP contribution in [0.4, 0.5) is 5.69 Å². The number of nitrogens with one attached hydrogen (secondary N) is 2. The summed E-state index contributed by atoms with van der Waals surface area (Å²) < 4.78 is 5.46. The highest BCUT2D eigenvalue weighted by molar-refractivity contribution is 5.95. The third-order valence-electron chi connectivity index (χ3n) is 5.98. The SMILES string of the molecule is N=C(N)c1ccc(OC(=O)CC2C(=O)N(CCc3ccccc3)Cc3ccccc3N2NC=O)cc1. The average Bonchev–Trinajstić information content (AvgIpc) is 2.99. The van der Waals surface area contributed by atoms with Gasteiger partial charge in [0.05, 0.1) is 12.1 Å². The van der Waals surface area contributed by atoms with Gasteiger partial charge in [-0.15, -0.1) is 0 Å². The molecule has 0 bridgehead atoms. The second-order valence-electron chi connectivity index (χ2n) is 8.37. The number of amides is 2. The van der Waals surface area contributed by atoms with Crippen LogP contribution < -0.4 is 20.9 Å². The Morgan fingerprint density at radius 2 is 1.75 bits per heavy atom. The Kier molecular flexibility index (Phi) is 7.60. The van der Waals surface area contributed by atoms with Gasteiger partial charge in [-0.05, 0) is 47.9 Å². The minimum atomic E-state index is -1.00. The quantitative estimate of drug-likeness (QED) is 0.140. The molecule has 2 amide bonds. The fourth-order valence-electron chi connectivity index (χ4n) is 4.18. The summed E-state index contributed by atoms with van der Waals surface area (Å²) >= 11 is 0. The summed E-state index contributed by atoms with van der Waals surface area (Å²) in [4.78, 5) is 39.8. The van der Waals surface area contributed by atoms with Crippen LogP contribution in [-0.4, -0.2) is 41.6 Å². The second-order valence-corrected chi connectivity index (χ2v) is 8.37. The smallest absolute Gasteiger partial charge is 0.313 e. The van der Waals surface area contributed by atoms with Crippen molar-refractivity contribution in [3.8, 4) is 5.75 Å². The topological polar surface area (TPSA) is 129 Å². The van der Waals surface area contributed by atoms with E-state index in [2.05, 4.69) is 5.43 Å². The van der Waals surface area contributed by atoms with Crippen LogP contribution in [0.25, 0.3) is 0 Å². The molecule has 0 saturated heterocycles. The van der Waals surface area contributed by atoms with Crippen molar-refractivity contribution in [2.75, 3.05) is 11.6 Å². The molecule has 3 aromatic rings. The van der Waals surface area contributed by atoms with Crippen molar-refractivity contribution in [2.24, 2.45) is 5.73 Å². The third kappa shape index (κ3) is 5.69. The van der Waals surface area contributed by atoms with Gasteiger partial charge >= 0.3 is 5.97 Å². The van der Waals surface area contributed by atoms with E-state index in [1.165, 1.54) is 17.1 Å². The summed E-state index contributed by atoms with van der Waals surface area (Å²) in [5, 5.41) is 8.91. The van der Waals surface area contributed by atoms with Gasteiger partial charge in [-0.2, -0.15) is 0 Å². The molecule has 1 aliphatic heterocycles. The molecule has 0 aliphatic carbocycles. The molecule has 0 aromatic heterocycles. The molecule has 36 heavy (non-hydrogen) atoms. The van der Waals surface area contributed by atoms with Gasteiger partial charge in [0.2, 0.25) is 12.3 Å². The van der Waals surface area contributed by atoms with E-state index < -0.39 is 12.0 Å². The first kappa shape index (κ1) is 24.5. The number of carbonyl (C=O) groups is 3. The Hall–Kier alpha value is -4.66. The lowest BCUT2D eigenvalue weighted by molar-refractivity contribution is -0.140. The monoisotopic (exact) mass is 485 g/mol. The van der Waals surface area contributed by atoms with E-state index in [1.807, 2.05) is 48.5 Å². The summed E-state index contributed by atoms with van der Waals surface area (Å²) in [6.07, 6.45) is 0.850. The first-order valence-corrected chi connectivity index (χ1v) is 11.5. The average molecular weight is 486 g/mol. The number of amidine groups is 1. The van der Waals surface area contributed by atoms with Crippen LogP contribution in [-0.2, 0) is 27.3 Å². The van der Waals surface area contributed by atoms with Crippen LogP contribution in [0.2, 0.25) is 0 Å². The van der Waals surface area contributed by atoms with E-state index in [-0.39, 0.29) is 23.9 Å². The number of nitrogens with two attached hydrogens (primary N) is 1. The third-order valence-corrected chi connectivity index (χ3v) is 5.98. The van der Waals surface area contributed by atoms with Gasteiger partial charge in [0.15, 0.2) is 0 Å². The second kappa shape index (κ2) is 11.2. The maximum Gasteiger partial charge on any atom is 0.313 e. The largest absolute Gasteiger partial charge is 0.426 e. The summed E-state index contributed by atoms with van der Waals surface area (Å²) in [5.74, 6) is -0.756. The summed E-state index contributed by atoms with van der Waals surface area (Å²) in [6, 6.07) is 22.4. The minimum absolute atomic E-state index is 0.0956. The molecular weight excluding hydrogens is 458 g/mol. The Morgan fingerprint density at radius 1 is 1.06 bits per heavy atom. The molecule has 3 aromatic carbocycles. The van der Waals surface area contributed by atoms with Gasteiger partial charge in [0.25, 0.3) is 0 Å². The van der Waals surface area contributed by atoms with E-state index in [4.69, 9.17) is 15.9 Å². The number of ether oxygens (including phenoxy) is 1. The van der Waals surface area contributed by atoms with Crippen molar-refractivity contribution in [1.82, 2.24) is 10.3 Å². The van der Waals surface area contributed by atoms with Crippen molar-refractivity contribution in [2.45, 2.75) is 25.4 Å². The Balaban J connectivity index is 1.58. The zero-order valence-electron chi connectivity index (χ0n) is 19.6. The van der Waals surface area contributed by atoms with Gasteiger partial charge < -0.3 is 15.4 Å². The number of benzene rings is 3. The summed E-state index contributed by atoms with van der Waals surface area (Å²) in [5.41, 5.74) is 11.2. The summed E-state index contributed by atoms with van der Waals surface area (Å²) in [7, 11) is 0. The van der Waals surface area contributed by atoms with Gasteiger partial charge in [-0.25, -0.2) is 0 Å². The standard InChI is InChI=1S/C27H27N5O4/c28-26(29)20-10-12-22(13-11-20)36-25(34)16-24-27(35)31(15-14-19-6-2-1-3-7-19)17-21-8-4-5-9-23(21)32(24)30-18-33/h1-13,18,24H,14-17H2,(H3,28,29)(H,30,33). The van der Waals surface area contributed by atoms with Crippen LogP contribution in [0, 0.1) is 5.41 Å². The van der Waals surface area contributed by atoms with Crippen LogP contribution in [0.3, 0.4) is 0 Å². The molecule has 1 heterocycles. The molecule has 1 atom stereocenters. The first-order valence-electron chi connectivity index (χ1n) is 11.5. The van der Waals surface area contributed by atoms with Crippen molar-refractivity contribution in [1.29, 1.82) is 5.41 Å². The Morgan fingerprint density at radius 3 is 2.44 bits per heavy atom. The fraction of sp³-hybridized carbons (Fsp3) is 0.185. The number of carbonyl (C=O) groups excluding carboxylic acids is 3. The zero-order chi connectivity index (χ0) is 25.5. The van der Waals surface area contributed by atoms with E-state index >= 15 is 0 Å². The fourth-order valence-corrected chi connectivity index (χ4v) is 4.18. The number of rotatable bonds is 9. The predicted octanol–water partition coefficient (Wildman–Crippen LogP) is 2.39. The Labute approximate surface area is 208 Å². The molecule has 184 valence electrons. The molecule has 1 unspecified atom stereocenters. The molecule has 9 heteroatoms. The number of para-hydroxylation sites is 1. The van der Waals surface area contributed by atoms with Gasteiger partial charge in [0, 0.05) is 18.7 Å². The lowest BCUT2D eigenvalue weighted by Crippen LogP contribution is -2.53. The lowest BCUT2D eigenvalue weighted by atomic mass is 10.1. The Bertz CT molecular complexity index is 1250. The van der Waals surface area contributed by atoms with E-state index in [9.17, 15) is 14.4 Å². The lowest BCUT2D eigenvalue weighted by Gasteiger charge is -2.31. The minimum Gasteiger partial charge on any atom is -0.426 e. The van der Waals surface area contributed by atoms with Crippen LogP contribution in [0.15, 0.2) is 78.9 Å². The number of esters is 1. The molecule has 0 fully saturated rings. The first-order chi connectivity index (χ1) is 17.5. The van der Waals surface area contributed by atoms with Crippen LogP contribution in [0.1, 0.15) is 23.1 Å². The van der Waals surface area contributed by atoms with Crippen LogP contribution >= 0.6 is 0 Å². The predicted molar refractivity (Wildman–Crippen MR) is 135 cm³/mol. The van der Waals surface area contributed by atoms with Crippen LogP contribution in [0.5, 0.6) is 5.75 Å². The molecule has 4 rings (SSSR count). The number of fused-ring (bicyclic) bond motifs is 1. The molecule has 1 aliphatic rings. The number of nitrogen functional groups attached to an aromatic ring is 1. The molecular formula is C27H27N5O4. The number of nitrogens with zero attached hydrogens (tertiary/aromatic N) is 2. The molecule has 0 spiro atoms. The normalized spacial score (nSPS) is 15.0. The molecule has 0 radical (unpaired) electrons. The maximum absolute atomic E-state index is 13.7. The van der Waals surface area contributed by atoms with Crippen molar-refractivity contribution in [3.63, 3.8) is 0 Å². The van der Waals surface area contributed by atoms with Gasteiger partial charge in [-0.3, -0.25) is 30.2 Å². The van der Waals surface area contributed by atoms with Crippen molar-refractivity contribution < 1.29 is 19.1 Å². The number of anilines is 1. The van der Waals surface area contributed by atoms with Gasteiger partial charge in [-0.1, -0.05) is 48.5 Å². The molecule has 4 N–H and O–H groups in total. The number of hydrogen-bond donors (Lipinski definition) is 3. The highest BCUT2D eigenvalue weighted by Crippen LogP contribution is 2.29. The van der Waals surface area contributed by atoms with Crippen molar-refractivity contribution >= 4 is 29.8 Å².